The highest BCUT2D eigenvalue weighted by Gasteiger charge is 2.50. The number of carbonyl (C=O) groups is 1. The average Bonchev–Trinajstić information content (AvgIpc) is 2.92. The first-order chi connectivity index (χ1) is 19.4. The van der Waals surface area contributed by atoms with Crippen molar-refractivity contribution in [2.75, 3.05) is 25.2 Å². The lowest BCUT2D eigenvalue weighted by Crippen LogP contribution is -2.67. The van der Waals surface area contributed by atoms with Crippen molar-refractivity contribution in [1.82, 2.24) is 5.32 Å². The molecular formula is C34H47N3O3Si. The van der Waals surface area contributed by atoms with Gasteiger partial charge < -0.3 is 25.1 Å². The maximum absolute atomic E-state index is 13.8. The van der Waals surface area contributed by atoms with Crippen molar-refractivity contribution < 1.29 is 14.0 Å². The van der Waals surface area contributed by atoms with Crippen LogP contribution in [0.1, 0.15) is 47.1 Å². The molecule has 3 N–H and O–H groups in total. The van der Waals surface area contributed by atoms with Crippen molar-refractivity contribution in [1.29, 1.82) is 0 Å². The first-order valence-corrected chi connectivity index (χ1v) is 16.6. The maximum Gasteiger partial charge on any atom is 0.261 e. The van der Waals surface area contributed by atoms with Gasteiger partial charge in [0, 0.05) is 24.8 Å². The van der Waals surface area contributed by atoms with E-state index in [1.165, 1.54) is 10.4 Å². The Labute approximate surface area is 247 Å². The van der Waals surface area contributed by atoms with E-state index in [4.69, 9.17) is 14.9 Å². The number of amides is 1. The van der Waals surface area contributed by atoms with Gasteiger partial charge in [0.15, 0.2) is 0 Å². The number of rotatable bonds is 9. The van der Waals surface area contributed by atoms with Crippen LogP contribution in [-0.4, -0.2) is 52.6 Å². The molecule has 3 aromatic rings. The van der Waals surface area contributed by atoms with Crippen LogP contribution in [0.5, 0.6) is 5.75 Å². The number of nitrogens with one attached hydrogen (secondary N) is 1. The van der Waals surface area contributed by atoms with Crippen LogP contribution in [0, 0.1) is 5.92 Å². The lowest BCUT2D eigenvalue weighted by Gasteiger charge is -2.44. The van der Waals surface area contributed by atoms with Gasteiger partial charge in [-0.05, 0) is 46.3 Å². The highest BCUT2D eigenvalue weighted by molar-refractivity contribution is 6.99. The highest BCUT2D eigenvalue weighted by atomic mass is 28.4. The van der Waals surface area contributed by atoms with Gasteiger partial charge in [0.2, 0.25) is 5.91 Å². The Morgan fingerprint density at radius 1 is 0.976 bits per heavy atom. The van der Waals surface area contributed by atoms with Crippen molar-refractivity contribution in [3.63, 3.8) is 0 Å². The van der Waals surface area contributed by atoms with Crippen LogP contribution >= 0.6 is 0 Å². The molecule has 3 aromatic carbocycles. The van der Waals surface area contributed by atoms with Crippen molar-refractivity contribution >= 4 is 30.3 Å². The van der Waals surface area contributed by atoms with Crippen molar-refractivity contribution in [3.05, 3.63) is 84.4 Å². The molecule has 3 atom stereocenters. The smallest absolute Gasteiger partial charge is 0.261 e. The molecule has 0 aromatic heterocycles. The van der Waals surface area contributed by atoms with Crippen LogP contribution in [0.3, 0.4) is 0 Å². The minimum atomic E-state index is -2.75. The van der Waals surface area contributed by atoms with E-state index in [1.807, 2.05) is 26.1 Å². The van der Waals surface area contributed by atoms with Crippen LogP contribution in [-0.2, 0) is 15.6 Å². The summed E-state index contributed by atoms with van der Waals surface area (Å²) in [4.78, 5) is 15.8. The van der Waals surface area contributed by atoms with E-state index in [0.29, 0.717) is 19.6 Å². The fraction of sp³-hybridized carbons (Fsp3) is 0.441. The van der Waals surface area contributed by atoms with Crippen LogP contribution in [0.2, 0.25) is 5.04 Å². The molecule has 41 heavy (non-hydrogen) atoms. The Kier molecular flexibility index (Phi) is 9.62. The van der Waals surface area contributed by atoms with E-state index < -0.39 is 8.32 Å². The SMILES string of the molecule is CC(C)[C@H]1C(=O)N[C@H](CO[Si](c2ccccc2)(c2ccccc2)C(C)(C)C)Cc2ccc(OC[C@@H](C)N)cc2N1C. The number of likely N-dealkylation sites (N-methyl/N-ethyl adjacent to an activating group) is 1. The molecule has 0 spiro atoms. The number of ether oxygens (including phenoxy) is 1. The number of hydrogen-bond donors (Lipinski definition) is 2. The van der Waals surface area contributed by atoms with Gasteiger partial charge in [-0.2, -0.15) is 0 Å². The zero-order chi connectivity index (χ0) is 29.8. The van der Waals surface area contributed by atoms with Gasteiger partial charge in [-0.1, -0.05) is 101 Å². The Morgan fingerprint density at radius 2 is 1.56 bits per heavy atom. The Hall–Kier alpha value is -3.13. The number of nitrogens with zero attached hydrogens (tertiary/aromatic N) is 1. The molecule has 0 saturated heterocycles. The quantitative estimate of drug-likeness (QED) is 0.369. The summed E-state index contributed by atoms with van der Waals surface area (Å²) in [6.07, 6.45) is 0.655. The second-order valence-corrected chi connectivity index (χ2v) is 17.1. The van der Waals surface area contributed by atoms with Crippen molar-refractivity contribution in [2.24, 2.45) is 11.7 Å². The van der Waals surface area contributed by atoms with Gasteiger partial charge in [-0.15, -0.1) is 0 Å². The van der Waals surface area contributed by atoms with Gasteiger partial charge in [-0.25, -0.2) is 0 Å². The minimum absolute atomic E-state index is 0.0195. The van der Waals surface area contributed by atoms with Gasteiger partial charge in [-0.3, -0.25) is 4.79 Å². The Morgan fingerprint density at radius 3 is 2.07 bits per heavy atom. The lowest BCUT2D eigenvalue weighted by atomic mass is 9.95. The van der Waals surface area contributed by atoms with Crippen LogP contribution in [0.25, 0.3) is 0 Å². The van der Waals surface area contributed by atoms with Crippen molar-refractivity contribution in [2.45, 2.75) is 71.1 Å². The monoisotopic (exact) mass is 573 g/mol. The highest BCUT2D eigenvalue weighted by Crippen LogP contribution is 2.37. The molecule has 7 heteroatoms. The summed E-state index contributed by atoms with van der Waals surface area (Å²) in [5.74, 6) is 0.889. The third-order valence-electron chi connectivity index (χ3n) is 8.00. The largest absolute Gasteiger partial charge is 0.492 e. The van der Waals surface area contributed by atoms with Crippen molar-refractivity contribution in [3.8, 4) is 5.75 Å². The second kappa shape index (κ2) is 12.8. The summed E-state index contributed by atoms with van der Waals surface area (Å²) in [5, 5.41) is 5.68. The summed E-state index contributed by atoms with van der Waals surface area (Å²) in [5.41, 5.74) is 8.10. The molecule has 0 aliphatic carbocycles. The molecule has 1 aliphatic rings. The molecule has 0 bridgehead atoms. The number of hydrogen-bond acceptors (Lipinski definition) is 5. The summed E-state index contributed by atoms with van der Waals surface area (Å²) in [6, 6.07) is 26.9. The summed E-state index contributed by atoms with van der Waals surface area (Å²) in [7, 11) is -0.755. The molecular weight excluding hydrogens is 526 g/mol. The van der Waals surface area contributed by atoms with Crippen LogP contribution in [0.15, 0.2) is 78.9 Å². The third kappa shape index (κ3) is 6.69. The van der Waals surface area contributed by atoms with Crippen LogP contribution < -0.4 is 31.1 Å². The summed E-state index contributed by atoms with van der Waals surface area (Å²) in [6.45, 7) is 13.8. The first-order valence-electron chi connectivity index (χ1n) is 14.7. The zero-order valence-electron chi connectivity index (χ0n) is 25.7. The van der Waals surface area contributed by atoms with Gasteiger partial charge in [0.05, 0.1) is 12.6 Å². The summed E-state index contributed by atoms with van der Waals surface area (Å²) >= 11 is 0. The number of nitrogens with two attached hydrogens (primary N) is 1. The molecule has 1 aliphatic heterocycles. The normalized spacial score (nSPS) is 18.8. The molecule has 1 heterocycles. The average molecular weight is 574 g/mol. The topological polar surface area (TPSA) is 76.8 Å². The van der Waals surface area contributed by atoms with E-state index in [2.05, 4.69) is 112 Å². The predicted molar refractivity (Wildman–Crippen MR) is 172 cm³/mol. The molecule has 0 fully saturated rings. The van der Waals surface area contributed by atoms with Gasteiger partial charge >= 0.3 is 0 Å². The molecule has 6 nitrogen and oxygen atoms in total. The second-order valence-electron chi connectivity index (χ2n) is 12.8. The molecule has 4 rings (SSSR count). The Bertz CT molecular complexity index is 1250. The lowest BCUT2D eigenvalue weighted by molar-refractivity contribution is -0.124. The number of benzene rings is 3. The fourth-order valence-corrected chi connectivity index (χ4v) is 10.7. The predicted octanol–water partition coefficient (Wildman–Crippen LogP) is 4.49. The van der Waals surface area contributed by atoms with E-state index in [0.717, 1.165) is 17.0 Å². The molecule has 220 valence electrons. The third-order valence-corrected chi connectivity index (χ3v) is 13.0. The standard InChI is InChI=1S/C34H47N3O3Si/c1-24(2)32-33(38)36-27(20-26-18-19-28(39-22-25(3)35)21-31(26)37(32)7)23-40-41(34(4,5)6,29-14-10-8-11-15-29)30-16-12-9-13-17-30/h8-19,21,24-25,27,32H,20,22-23,35H2,1-7H3,(H,36,38)/t25-,27+,32+/m1/s1. The van der Waals surface area contributed by atoms with Gasteiger partial charge in [0.1, 0.15) is 18.4 Å². The fourth-order valence-electron chi connectivity index (χ4n) is 6.13. The van der Waals surface area contributed by atoms with E-state index in [9.17, 15) is 4.79 Å². The molecule has 0 radical (unpaired) electrons. The summed E-state index contributed by atoms with van der Waals surface area (Å²) < 4.78 is 13.2. The van der Waals surface area contributed by atoms with Gasteiger partial charge in [0.25, 0.3) is 8.32 Å². The zero-order valence-corrected chi connectivity index (χ0v) is 26.7. The molecule has 1 amide bonds. The van der Waals surface area contributed by atoms with E-state index in [-0.39, 0.29) is 35.0 Å². The van der Waals surface area contributed by atoms with E-state index in [1.54, 1.807) is 0 Å². The Balaban J connectivity index is 1.73. The van der Waals surface area contributed by atoms with Crippen LogP contribution in [0.4, 0.5) is 5.69 Å². The first kappa shape index (κ1) is 30.8. The number of anilines is 1. The maximum atomic E-state index is 13.8. The van der Waals surface area contributed by atoms with E-state index >= 15 is 0 Å². The molecule has 0 unspecified atom stereocenters. The molecule has 0 saturated carbocycles. The number of fused-ring (bicyclic) bond motifs is 1. The number of carbonyl (C=O) groups excluding carboxylic acids is 1. The minimum Gasteiger partial charge on any atom is -0.492 e.